The third-order valence-electron chi connectivity index (χ3n) is 7.42. The van der Waals surface area contributed by atoms with Crippen LogP contribution in [-0.2, 0) is 9.84 Å². The number of hydrogen-bond acceptors (Lipinski definition) is 6. The van der Waals surface area contributed by atoms with Crippen molar-refractivity contribution in [1.29, 1.82) is 0 Å². The van der Waals surface area contributed by atoms with Crippen molar-refractivity contribution in [3.63, 3.8) is 0 Å². The number of nitrogens with zero attached hydrogens (tertiary/aromatic N) is 3. The van der Waals surface area contributed by atoms with Gasteiger partial charge in [-0.2, -0.15) is 0 Å². The maximum Gasteiger partial charge on any atom is 0.255 e. The fourth-order valence-electron chi connectivity index (χ4n) is 5.35. The molecule has 5 rings (SSSR count). The molecule has 0 bridgehead atoms. The highest BCUT2D eigenvalue weighted by atomic mass is 35.5. The van der Waals surface area contributed by atoms with Gasteiger partial charge in [-0.3, -0.25) is 9.36 Å². The van der Waals surface area contributed by atoms with E-state index in [0.29, 0.717) is 60.3 Å². The summed E-state index contributed by atoms with van der Waals surface area (Å²) < 4.78 is 59.7. The maximum atomic E-state index is 15.0. The van der Waals surface area contributed by atoms with Gasteiger partial charge in [0.2, 0.25) is 0 Å². The van der Waals surface area contributed by atoms with E-state index in [0.717, 1.165) is 23.3 Å². The van der Waals surface area contributed by atoms with Gasteiger partial charge in [-0.05, 0) is 81.2 Å². The molecule has 0 unspecified atom stereocenters. The fraction of sp³-hybridized carbons (Fsp3) is 0.333. The Hall–Kier alpha value is -3.34. The second kappa shape index (κ2) is 11.5. The summed E-state index contributed by atoms with van der Waals surface area (Å²) >= 11 is 6.21. The molecule has 1 saturated heterocycles. The van der Waals surface area contributed by atoms with Crippen LogP contribution in [0, 0.1) is 25.5 Å². The molecule has 1 aliphatic rings. The van der Waals surface area contributed by atoms with Gasteiger partial charge in [0, 0.05) is 47.6 Å². The van der Waals surface area contributed by atoms with E-state index < -0.39 is 21.5 Å². The third kappa shape index (κ3) is 6.45. The van der Waals surface area contributed by atoms with Crippen LogP contribution in [0.25, 0.3) is 28.3 Å². The second-order valence-electron chi connectivity index (χ2n) is 10.6. The second-order valence-corrected chi connectivity index (χ2v) is 13.3. The molecule has 4 aromatic rings. The van der Waals surface area contributed by atoms with E-state index in [1.54, 1.807) is 24.4 Å². The van der Waals surface area contributed by atoms with Crippen molar-refractivity contribution in [2.45, 2.75) is 32.6 Å². The fourth-order valence-corrected chi connectivity index (χ4v) is 6.26. The lowest BCUT2D eigenvalue weighted by Gasteiger charge is -2.30. The zero-order chi connectivity index (χ0) is 29.5. The third-order valence-corrected chi connectivity index (χ3v) is 8.56. The standard InChI is InChI=1S/C30H30ClF2N3O4S/c1-18-14-22(31)15-19(2)28(18)36-17-21(4-7-26(36)37)27-29(24-6-5-23(32)16-25(24)33)40-30(34-27)20-8-10-35(11-9-20)12-13-41(3,38)39/h4-7,14-17,20H,8-13H2,1-3H3. The summed E-state index contributed by atoms with van der Waals surface area (Å²) in [5.41, 5.74) is 2.95. The van der Waals surface area contributed by atoms with Crippen LogP contribution in [0.1, 0.15) is 35.8 Å². The normalized spacial score (nSPS) is 15.0. The highest BCUT2D eigenvalue weighted by molar-refractivity contribution is 7.90. The Bertz CT molecular complexity index is 1750. The van der Waals surface area contributed by atoms with Crippen molar-refractivity contribution in [2.75, 3.05) is 31.6 Å². The number of rotatable bonds is 7. The lowest BCUT2D eigenvalue weighted by atomic mass is 9.97. The van der Waals surface area contributed by atoms with E-state index in [4.69, 9.17) is 21.0 Å². The molecular formula is C30H30ClF2N3O4S. The Balaban J connectivity index is 1.56. The van der Waals surface area contributed by atoms with Crippen LogP contribution in [-0.4, -0.2) is 54.5 Å². The Kier molecular flexibility index (Phi) is 8.18. The number of benzene rings is 2. The van der Waals surface area contributed by atoms with Crippen molar-refractivity contribution in [3.05, 3.63) is 92.7 Å². The molecule has 41 heavy (non-hydrogen) atoms. The Morgan fingerprint density at radius 2 is 1.73 bits per heavy atom. The summed E-state index contributed by atoms with van der Waals surface area (Å²) in [4.78, 5) is 19.9. The van der Waals surface area contributed by atoms with Crippen LogP contribution in [0.5, 0.6) is 0 Å². The summed E-state index contributed by atoms with van der Waals surface area (Å²) in [6.07, 6.45) is 4.23. The zero-order valence-corrected chi connectivity index (χ0v) is 24.5. The van der Waals surface area contributed by atoms with Crippen LogP contribution in [0.15, 0.2) is 57.9 Å². The molecule has 0 spiro atoms. The molecular weight excluding hydrogens is 572 g/mol. The number of pyridine rings is 1. The average Bonchev–Trinajstić information content (AvgIpc) is 3.33. The molecule has 0 atom stereocenters. The highest BCUT2D eigenvalue weighted by Crippen LogP contribution is 2.38. The van der Waals surface area contributed by atoms with E-state index in [2.05, 4.69) is 4.90 Å². The summed E-state index contributed by atoms with van der Waals surface area (Å²) in [5.74, 6) is -0.924. The van der Waals surface area contributed by atoms with E-state index >= 15 is 4.39 Å². The van der Waals surface area contributed by atoms with E-state index in [-0.39, 0.29) is 28.6 Å². The van der Waals surface area contributed by atoms with Crippen LogP contribution < -0.4 is 5.56 Å². The molecule has 0 radical (unpaired) electrons. The minimum absolute atomic E-state index is 0.0577. The van der Waals surface area contributed by atoms with Gasteiger partial charge in [-0.1, -0.05) is 11.6 Å². The topological polar surface area (TPSA) is 85.4 Å². The smallest absolute Gasteiger partial charge is 0.255 e. The van der Waals surface area contributed by atoms with Gasteiger partial charge in [0.1, 0.15) is 27.2 Å². The molecule has 0 amide bonds. The summed E-state index contributed by atoms with van der Waals surface area (Å²) in [6.45, 7) is 5.52. The van der Waals surface area contributed by atoms with Gasteiger partial charge in [0.15, 0.2) is 11.7 Å². The van der Waals surface area contributed by atoms with Gasteiger partial charge < -0.3 is 9.32 Å². The molecule has 1 aliphatic heterocycles. The summed E-state index contributed by atoms with van der Waals surface area (Å²) in [7, 11) is -3.06. The number of aryl methyl sites for hydroxylation is 2. The lowest BCUT2D eigenvalue weighted by Crippen LogP contribution is -2.36. The molecule has 11 heteroatoms. The minimum Gasteiger partial charge on any atom is -0.440 e. The molecule has 1 fully saturated rings. The summed E-state index contributed by atoms with van der Waals surface area (Å²) in [6, 6.07) is 9.85. The van der Waals surface area contributed by atoms with Gasteiger partial charge in [0.05, 0.1) is 17.0 Å². The molecule has 7 nitrogen and oxygen atoms in total. The Morgan fingerprint density at radius 3 is 2.37 bits per heavy atom. The van der Waals surface area contributed by atoms with E-state index in [1.807, 2.05) is 13.8 Å². The van der Waals surface area contributed by atoms with E-state index in [9.17, 15) is 17.6 Å². The van der Waals surface area contributed by atoms with Crippen LogP contribution in [0.4, 0.5) is 8.78 Å². The Labute approximate surface area is 242 Å². The molecule has 0 aliphatic carbocycles. The minimum atomic E-state index is -3.06. The van der Waals surface area contributed by atoms with Crippen molar-refractivity contribution in [1.82, 2.24) is 14.5 Å². The molecule has 2 aromatic heterocycles. The molecule has 0 saturated carbocycles. The van der Waals surface area contributed by atoms with Crippen molar-refractivity contribution >= 4 is 21.4 Å². The number of sulfone groups is 1. The zero-order valence-electron chi connectivity index (χ0n) is 23.0. The van der Waals surface area contributed by atoms with Crippen LogP contribution >= 0.6 is 11.6 Å². The van der Waals surface area contributed by atoms with Crippen LogP contribution in [0.2, 0.25) is 5.02 Å². The SMILES string of the molecule is Cc1cc(Cl)cc(C)c1-n1cc(-c2nc(C3CCN(CCS(C)(=O)=O)CC3)oc2-c2ccc(F)cc2F)ccc1=O. The van der Waals surface area contributed by atoms with Crippen LogP contribution in [0.3, 0.4) is 0 Å². The number of oxazole rings is 1. The first kappa shape index (κ1) is 29.2. The molecule has 0 N–H and O–H groups in total. The van der Waals surface area contributed by atoms with Crippen molar-refractivity contribution < 1.29 is 21.6 Å². The first-order valence-corrected chi connectivity index (χ1v) is 15.7. The largest absolute Gasteiger partial charge is 0.440 e. The van der Waals surface area contributed by atoms with Gasteiger partial charge >= 0.3 is 0 Å². The Morgan fingerprint density at radius 1 is 1.05 bits per heavy atom. The highest BCUT2D eigenvalue weighted by Gasteiger charge is 2.28. The van der Waals surface area contributed by atoms with Crippen molar-refractivity contribution in [3.8, 4) is 28.3 Å². The average molecular weight is 602 g/mol. The predicted molar refractivity (Wildman–Crippen MR) is 155 cm³/mol. The number of halogens is 3. The molecule has 3 heterocycles. The molecule has 2 aromatic carbocycles. The number of hydrogen-bond donors (Lipinski definition) is 0. The maximum absolute atomic E-state index is 15.0. The lowest BCUT2D eigenvalue weighted by molar-refractivity contribution is 0.210. The quantitative estimate of drug-likeness (QED) is 0.261. The first-order valence-electron chi connectivity index (χ1n) is 13.3. The number of aromatic nitrogens is 2. The van der Waals surface area contributed by atoms with Crippen molar-refractivity contribution in [2.24, 2.45) is 0 Å². The van der Waals surface area contributed by atoms with Gasteiger partial charge in [0.25, 0.3) is 5.56 Å². The first-order chi connectivity index (χ1) is 19.4. The monoisotopic (exact) mass is 601 g/mol. The van der Waals surface area contributed by atoms with Gasteiger partial charge in [-0.15, -0.1) is 0 Å². The van der Waals surface area contributed by atoms with Gasteiger partial charge in [-0.25, -0.2) is 22.2 Å². The molecule has 216 valence electrons. The van der Waals surface area contributed by atoms with E-state index in [1.165, 1.54) is 23.0 Å². The predicted octanol–water partition coefficient (Wildman–Crippen LogP) is 5.93. The number of piperidine rings is 1. The number of likely N-dealkylation sites (tertiary alicyclic amines) is 1. The summed E-state index contributed by atoms with van der Waals surface area (Å²) in [5, 5.41) is 0.561.